The normalized spacial score (nSPS) is 11.6. The first kappa shape index (κ1) is 26.0. The number of benzene rings is 2. The Morgan fingerprint density at radius 3 is 2.51 bits per heavy atom. The van der Waals surface area contributed by atoms with Crippen molar-refractivity contribution in [2.75, 3.05) is 24.7 Å². The first-order chi connectivity index (χ1) is 16.8. The van der Waals surface area contributed by atoms with Gasteiger partial charge in [-0.05, 0) is 41.3 Å². The number of carbonyl (C=O) groups is 3. The van der Waals surface area contributed by atoms with Gasteiger partial charge in [0, 0.05) is 53.8 Å². The molecule has 9 heteroatoms. The topological polar surface area (TPSA) is 148 Å². The summed E-state index contributed by atoms with van der Waals surface area (Å²) in [4.78, 5) is 37.1. The van der Waals surface area contributed by atoms with Crippen molar-refractivity contribution >= 4 is 45.9 Å². The van der Waals surface area contributed by atoms with Crippen molar-refractivity contribution in [3.05, 3.63) is 81.5 Å². The molecule has 0 spiro atoms. The van der Waals surface area contributed by atoms with Gasteiger partial charge in [0.25, 0.3) is 5.91 Å². The molecule has 3 aromatic rings. The van der Waals surface area contributed by atoms with Gasteiger partial charge in [0.2, 0.25) is 0 Å². The first-order valence-electron chi connectivity index (χ1n) is 11.0. The fourth-order valence-electron chi connectivity index (χ4n) is 3.54. The summed E-state index contributed by atoms with van der Waals surface area (Å²) in [5.74, 6) is -0.549. The number of nitrogens with two attached hydrogens (primary N) is 2. The molecule has 0 aliphatic rings. The molecule has 0 saturated heterocycles. The molecule has 35 heavy (non-hydrogen) atoms. The van der Waals surface area contributed by atoms with Crippen molar-refractivity contribution in [2.24, 2.45) is 5.73 Å². The Bertz CT molecular complexity index is 1220. The van der Waals surface area contributed by atoms with Crippen LogP contribution >= 0.6 is 11.3 Å². The lowest BCUT2D eigenvalue weighted by atomic mass is 9.96. The van der Waals surface area contributed by atoms with Crippen LogP contribution in [0.2, 0.25) is 0 Å². The maximum Gasteiger partial charge on any atom is 0.258 e. The van der Waals surface area contributed by atoms with Crippen LogP contribution in [0, 0.1) is 5.41 Å². The van der Waals surface area contributed by atoms with Crippen LogP contribution in [0.4, 0.5) is 11.4 Å². The third-order valence-electron chi connectivity index (χ3n) is 5.39. The van der Waals surface area contributed by atoms with Gasteiger partial charge in [0.1, 0.15) is 11.6 Å². The van der Waals surface area contributed by atoms with Crippen LogP contribution in [0.15, 0.2) is 60.0 Å². The van der Waals surface area contributed by atoms with E-state index in [9.17, 15) is 14.4 Å². The summed E-state index contributed by atoms with van der Waals surface area (Å²) in [6.07, 6.45) is -0.313. The van der Waals surface area contributed by atoms with Gasteiger partial charge < -0.3 is 21.5 Å². The van der Waals surface area contributed by atoms with E-state index in [1.54, 1.807) is 42.5 Å². The van der Waals surface area contributed by atoms with Gasteiger partial charge in [0.05, 0.1) is 12.3 Å². The Hall–Kier alpha value is -3.66. The number of nitrogens with one attached hydrogen (secondary N) is 2. The van der Waals surface area contributed by atoms with E-state index in [0.29, 0.717) is 22.5 Å². The fourth-order valence-corrected chi connectivity index (χ4v) is 4.34. The van der Waals surface area contributed by atoms with Crippen LogP contribution in [-0.2, 0) is 25.5 Å². The largest absolute Gasteiger partial charge is 0.398 e. The second-order valence-corrected chi connectivity index (χ2v) is 8.94. The summed E-state index contributed by atoms with van der Waals surface area (Å²) in [6, 6.07) is 15.7. The molecule has 0 fully saturated rings. The van der Waals surface area contributed by atoms with E-state index < -0.39 is 6.10 Å². The number of carbonyl (C=O) groups excluding carboxylic acids is 3. The quantitative estimate of drug-likeness (QED) is 0.225. The Morgan fingerprint density at radius 2 is 1.83 bits per heavy atom. The van der Waals surface area contributed by atoms with E-state index in [2.05, 4.69) is 5.32 Å². The van der Waals surface area contributed by atoms with Crippen molar-refractivity contribution in [2.45, 2.75) is 25.4 Å². The van der Waals surface area contributed by atoms with Crippen molar-refractivity contribution < 1.29 is 19.1 Å². The summed E-state index contributed by atoms with van der Waals surface area (Å²) in [6.45, 7) is -0.0684. The zero-order valence-corrected chi connectivity index (χ0v) is 20.2. The minimum absolute atomic E-state index is 0.0684. The van der Waals surface area contributed by atoms with E-state index in [1.165, 1.54) is 18.4 Å². The summed E-state index contributed by atoms with van der Waals surface area (Å²) in [7, 11) is 1.47. The van der Waals surface area contributed by atoms with Crippen molar-refractivity contribution in [1.82, 2.24) is 0 Å². The highest BCUT2D eigenvalue weighted by atomic mass is 32.1. The number of methoxy groups -OCH3 is 1. The number of anilines is 2. The fraction of sp³-hybridized carbons (Fsp3) is 0.231. The summed E-state index contributed by atoms with van der Waals surface area (Å²) in [5, 5.41) is 13.4. The monoisotopic (exact) mass is 492 g/mol. The number of thiophene rings is 1. The smallest absolute Gasteiger partial charge is 0.258 e. The number of rotatable bonds is 12. The molecular weight excluding hydrogens is 464 g/mol. The van der Waals surface area contributed by atoms with E-state index in [0.717, 1.165) is 10.4 Å². The molecule has 8 nitrogen and oxygen atoms in total. The van der Waals surface area contributed by atoms with Crippen LogP contribution in [-0.4, -0.2) is 36.8 Å². The van der Waals surface area contributed by atoms with Crippen molar-refractivity contribution in [3.8, 4) is 0 Å². The second kappa shape index (κ2) is 12.2. The summed E-state index contributed by atoms with van der Waals surface area (Å²) in [5.41, 5.74) is 14.2. The summed E-state index contributed by atoms with van der Waals surface area (Å²) < 4.78 is 5.36. The number of Topliss-reactive ketones (excluding diaryl/α,β-unsaturated/α-hetero) is 2. The SMILES string of the molecule is COC(C(=O)Nc1ccc(N)c(C(=N)c2cccc(CC(=O)CCC(=O)CN)c2)c1)c1cccs1. The highest BCUT2D eigenvalue weighted by Crippen LogP contribution is 2.26. The Balaban J connectivity index is 1.74. The molecule has 1 unspecified atom stereocenters. The Labute approximate surface area is 207 Å². The van der Waals surface area contributed by atoms with E-state index in [-0.39, 0.29) is 49.0 Å². The lowest BCUT2D eigenvalue weighted by molar-refractivity contribution is -0.125. The van der Waals surface area contributed by atoms with E-state index in [1.807, 2.05) is 17.5 Å². The number of nitrogen functional groups attached to an aromatic ring is 1. The average molecular weight is 493 g/mol. The second-order valence-electron chi connectivity index (χ2n) is 7.96. The van der Waals surface area contributed by atoms with Crippen molar-refractivity contribution in [1.29, 1.82) is 5.41 Å². The number of hydrogen-bond donors (Lipinski definition) is 4. The molecule has 0 aliphatic heterocycles. The molecule has 3 rings (SSSR count). The first-order valence-corrected chi connectivity index (χ1v) is 11.9. The van der Waals surface area contributed by atoms with Gasteiger partial charge in [0.15, 0.2) is 6.10 Å². The minimum atomic E-state index is -0.746. The van der Waals surface area contributed by atoms with Crippen LogP contribution in [0.5, 0.6) is 0 Å². The predicted octanol–water partition coefficient (Wildman–Crippen LogP) is 3.49. The molecule has 0 radical (unpaired) electrons. The van der Waals surface area contributed by atoms with Crippen molar-refractivity contribution in [3.63, 3.8) is 0 Å². The maximum atomic E-state index is 12.8. The third-order valence-corrected chi connectivity index (χ3v) is 6.31. The maximum absolute atomic E-state index is 12.8. The lowest BCUT2D eigenvalue weighted by Gasteiger charge is -2.16. The van der Waals surface area contributed by atoms with Crippen LogP contribution in [0.3, 0.4) is 0 Å². The molecule has 1 aromatic heterocycles. The third kappa shape index (κ3) is 6.92. The number of amides is 1. The van der Waals surface area contributed by atoms with Gasteiger partial charge in [-0.3, -0.25) is 19.8 Å². The molecular formula is C26H28N4O4S. The van der Waals surface area contributed by atoms with Gasteiger partial charge in [-0.15, -0.1) is 11.3 Å². The molecule has 1 atom stereocenters. The number of ether oxygens (including phenoxy) is 1. The van der Waals surface area contributed by atoms with E-state index >= 15 is 0 Å². The molecule has 2 aromatic carbocycles. The lowest BCUT2D eigenvalue weighted by Crippen LogP contribution is -2.22. The van der Waals surface area contributed by atoms with E-state index in [4.69, 9.17) is 21.6 Å². The zero-order valence-electron chi connectivity index (χ0n) is 19.4. The molecule has 0 saturated carbocycles. The van der Waals surface area contributed by atoms with Crippen LogP contribution in [0.1, 0.15) is 40.5 Å². The molecule has 6 N–H and O–H groups in total. The number of ketones is 2. The standard InChI is InChI=1S/C26H28N4O4S/c1-34-25(23-6-3-11-35-23)26(33)30-18-7-10-22(28)21(14-18)24(29)17-5-2-4-16(12-17)13-19(31)8-9-20(32)15-27/h2-7,10-12,14,25,29H,8-9,13,15,27-28H2,1H3,(H,30,33). The number of hydrogen-bond acceptors (Lipinski definition) is 8. The van der Waals surface area contributed by atoms with Gasteiger partial charge in [-0.2, -0.15) is 0 Å². The van der Waals surface area contributed by atoms with Crippen LogP contribution < -0.4 is 16.8 Å². The highest BCUT2D eigenvalue weighted by Gasteiger charge is 2.22. The highest BCUT2D eigenvalue weighted by molar-refractivity contribution is 7.10. The average Bonchev–Trinajstić information content (AvgIpc) is 3.38. The van der Waals surface area contributed by atoms with Gasteiger partial charge in [-0.1, -0.05) is 24.3 Å². The predicted molar refractivity (Wildman–Crippen MR) is 138 cm³/mol. The molecule has 1 amide bonds. The Morgan fingerprint density at radius 1 is 1.06 bits per heavy atom. The molecule has 0 aliphatic carbocycles. The zero-order chi connectivity index (χ0) is 25.4. The molecule has 182 valence electrons. The van der Waals surface area contributed by atoms with Crippen LogP contribution in [0.25, 0.3) is 0 Å². The summed E-state index contributed by atoms with van der Waals surface area (Å²) >= 11 is 1.43. The minimum Gasteiger partial charge on any atom is -0.398 e. The molecule has 0 bridgehead atoms. The van der Waals surface area contributed by atoms with Gasteiger partial charge in [-0.25, -0.2) is 0 Å². The molecule has 1 heterocycles. The Kier molecular flexibility index (Phi) is 9.02. The van der Waals surface area contributed by atoms with Gasteiger partial charge >= 0.3 is 0 Å².